The lowest BCUT2D eigenvalue weighted by Gasteiger charge is -2.34. The van der Waals surface area contributed by atoms with Crippen LogP contribution in [0.15, 0.2) is 18.2 Å². The minimum Gasteiger partial charge on any atom is -0.378 e. The van der Waals surface area contributed by atoms with E-state index in [1.807, 2.05) is 6.92 Å². The van der Waals surface area contributed by atoms with Crippen LogP contribution in [0, 0.1) is 0 Å². The van der Waals surface area contributed by atoms with Crippen molar-refractivity contribution in [3.63, 3.8) is 0 Å². The third-order valence-electron chi connectivity index (χ3n) is 3.65. The van der Waals surface area contributed by atoms with Gasteiger partial charge in [-0.1, -0.05) is 0 Å². The average Bonchev–Trinajstić information content (AvgIpc) is 2.47. The van der Waals surface area contributed by atoms with Crippen molar-refractivity contribution in [2.24, 2.45) is 0 Å². The Bertz CT molecular complexity index is 494. The highest BCUT2D eigenvalue weighted by atomic mass is 19.4. The standard InChI is InChI=1S/C15H18F3NO2/c1-2-21-12-5-7-19(8-6-12)14-4-3-11(10-20)9-13(14)15(16,17)18/h3-4,9-10,12H,2,5-8H2,1H3. The van der Waals surface area contributed by atoms with Gasteiger partial charge >= 0.3 is 6.18 Å². The molecule has 3 nitrogen and oxygen atoms in total. The predicted octanol–water partition coefficient (Wildman–Crippen LogP) is 3.52. The first-order chi connectivity index (χ1) is 9.95. The Hall–Kier alpha value is -1.56. The molecule has 0 unspecified atom stereocenters. The number of benzene rings is 1. The van der Waals surface area contributed by atoms with Crippen LogP contribution in [0.2, 0.25) is 0 Å². The van der Waals surface area contributed by atoms with E-state index in [2.05, 4.69) is 0 Å². The van der Waals surface area contributed by atoms with Crippen LogP contribution < -0.4 is 4.90 Å². The molecule has 1 aliphatic rings. The Morgan fingerprint density at radius 3 is 2.52 bits per heavy atom. The van der Waals surface area contributed by atoms with Crippen molar-refractivity contribution in [3.8, 4) is 0 Å². The zero-order valence-corrected chi connectivity index (χ0v) is 11.8. The van der Waals surface area contributed by atoms with Crippen molar-refractivity contribution in [1.82, 2.24) is 0 Å². The van der Waals surface area contributed by atoms with Crippen LogP contribution in [0.3, 0.4) is 0 Å². The molecule has 1 aromatic carbocycles. The van der Waals surface area contributed by atoms with E-state index in [0.29, 0.717) is 38.8 Å². The van der Waals surface area contributed by atoms with E-state index in [1.54, 1.807) is 4.90 Å². The number of carbonyl (C=O) groups is 1. The molecule has 0 saturated carbocycles. The number of hydrogen-bond acceptors (Lipinski definition) is 3. The summed E-state index contributed by atoms with van der Waals surface area (Å²) in [5.74, 6) is 0. The van der Waals surface area contributed by atoms with Crippen LogP contribution in [-0.4, -0.2) is 32.1 Å². The van der Waals surface area contributed by atoms with Crippen molar-refractivity contribution in [1.29, 1.82) is 0 Å². The summed E-state index contributed by atoms with van der Waals surface area (Å²) in [7, 11) is 0. The van der Waals surface area contributed by atoms with Gasteiger partial charge in [0.1, 0.15) is 6.29 Å². The Labute approximate surface area is 121 Å². The second-order valence-corrected chi connectivity index (χ2v) is 5.03. The zero-order valence-electron chi connectivity index (χ0n) is 11.8. The molecule has 1 heterocycles. The summed E-state index contributed by atoms with van der Waals surface area (Å²) in [5.41, 5.74) is -0.569. The van der Waals surface area contributed by atoms with E-state index in [1.165, 1.54) is 12.1 Å². The number of hydrogen-bond donors (Lipinski definition) is 0. The summed E-state index contributed by atoms with van der Waals surface area (Å²) in [4.78, 5) is 12.4. The maximum Gasteiger partial charge on any atom is 0.418 e. The number of rotatable bonds is 4. The van der Waals surface area contributed by atoms with E-state index < -0.39 is 11.7 Å². The topological polar surface area (TPSA) is 29.5 Å². The third-order valence-corrected chi connectivity index (χ3v) is 3.65. The van der Waals surface area contributed by atoms with E-state index in [0.717, 1.165) is 6.07 Å². The summed E-state index contributed by atoms with van der Waals surface area (Å²) < 4.78 is 45.0. The minimum absolute atomic E-state index is 0.0373. The number of nitrogens with zero attached hydrogens (tertiary/aromatic N) is 1. The Morgan fingerprint density at radius 2 is 2.00 bits per heavy atom. The fraction of sp³-hybridized carbons (Fsp3) is 0.533. The number of carbonyl (C=O) groups excluding carboxylic acids is 1. The highest BCUT2D eigenvalue weighted by molar-refractivity contribution is 5.77. The van der Waals surface area contributed by atoms with Gasteiger partial charge in [-0.2, -0.15) is 13.2 Å². The minimum atomic E-state index is -4.47. The first-order valence-corrected chi connectivity index (χ1v) is 6.98. The molecule has 1 aliphatic heterocycles. The van der Waals surface area contributed by atoms with Gasteiger partial charge in [-0.3, -0.25) is 4.79 Å². The second-order valence-electron chi connectivity index (χ2n) is 5.03. The molecule has 0 aliphatic carbocycles. The van der Waals surface area contributed by atoms with Crippen LogP contribution in [0.1, 0.15) is 35.7 Å². The molecule has 0 spiro atoms. The van der Waals surface area contributed by atoms with Crippen molar-refractivity contribution < 1.29 is 22.7 Å². The molecule has 0 atom stereocenters. The smallest absolute Gasteiger partial charge is 0.378 e. The molecule has 0 amide bonds. The van der Waals surface area contributed by atoms with Gasteiger partial charge in [0, 0.05) is 30.9 Å². The summed E-state index contributed by atoms with van der Waals surface area (Å²) in [6, 6.07) is 3.72. The monoisotopic (exact) mass is 301 g/mol. The molecule has 1 saturated heterocycles. The van der Waals surface area contributed by atoms with Crippen molar-refractivity contribution in [3.05, 3.63) is 29.3 Å². The number of halogens is 3. The summed E-state index contributed by atoms with van der Waals surface area (Å²) in [6.45, 7) is 3.57. The fourth-order valence-corrected chi connectivity index (χ4v) is 2.63. The van der Waals surface area contributed by atoms with Gasteiger partial charge in [0.25, 0.3) is 0 Å². The maximum atomic E-state index is 13.1. The Balaban J connectivity index is 2.22. The van der Waals surface area contributed by atoms with Crippen molar-refractivity contribution >= 4 is 12.0 Å². The van der Waals surface area contributed by atoms with E-state index in [9.17, 15) is 18.0 Å². The molecule has 0 radical (unpaired) electrons. The van der Waals surface area contributed by atoms with Crippen molar-refractivity contribution in [2.75, 3.05) is 24.6 Å². The van der Waals surface area contributed by atoms with Gasteiger partial charge in [0.15, 0.2) is 0 Å². The Kier molecular flexibility index (Phi) is 4.88. The molecule has 6 heteroatoms. The molecule has 2 rings (SSSR count). The predicted molar refractivity (Wildman–Crippen MR) is 73.7 cm³/mol. The lowest BCUT2D eigenvalue weighted by molar-refractivity contribution is -0.137. The van der Waals surface area contributed by atoms with Crippen LogP contribution in [0.25, 0.3) is 0 Å². The van der Waals surface area contributed by atoms with Crippen LogP contribution in [-0.2, 0) is 10.9 Å². The van der Waals surface area contributed by atoms with Crippen LogP contribution in [0.5, 0.6) is 0 Å². The molecule has 116 valence electrons. The quantitative estimate of drug-likeness (QED) is 0.797. The molecule has 0 aromatic heterocycles. The summed E-state index contributed by atoms with van der Waals surface area (Å²) in [5, 5.41) is 0. The number of anilines is 1. The lowest BCUT2D eigenvalue weighted by Crippen LogP contribution is -2.38. The fourth-order valence-electron chi connectivity index (χ4n) is 2.63. The van der Waals surface area contributed by atoms with Gasteiger partial charge < -0.3 is 9.64 Å². The second kappa shape index (κ2) is 6.47. The van der Waals surface area contributed by atoms with Gasteiger partial charge in [-0.05, 0) is 38.0 Å². The highest BCUT2D eigenvalue weighted by Crippen LogP contribution is 2.38. The van der Waals surface area contributed by atoms with Gasteiger partial charge in [0.05, 0.1) is 11.7 Å². The molecular formula is C15H18F3NO2. The maximum absolute atomic E-state index is 13.1. The third kappa shape index (κ3) is 3.75. The first kappa shape index (κ1) is 15.8. The van der Waals surface area contributed by atoms with Crippen LogP contribution in [0.4, 0.5) is 18.9 Å². The summed E-state index contributed by atoms with van der Waals surface area (Å²) in [6.07, 6.45) is -2.50. The number of ether oxygens (including phenoxy) is 1. The van der Waals surface area contributed by atoms with Gasteiger partial charge in [-0.25, -0.2) is 0 Å². The number of piperidine rings is 1. The van der Waals surface area contributed by atoms with Crippen LogP contribution >= 0.6 is 0 Å². The number of aldehydes is 1. The van der Waals surface area contributed by atoms with Gasteiger partial charge in [-0.15, -0.1) is 0 Å². The molecule has 21 heavy (non-hydrogen) atoms. The molecule has 1 aromatic rings. The lowest BCUT2D eigenvalue weighted by atomic mass is 10.0. The first-order valence-electron chi connectivity index (χ1n) is 6.98. The molecule has 0 bridgehead atoms. The van der Waals surface area contributed by atoms with E-state index in [-0.39, 0.29) is 17.4 Å². The number of alkyl halides is 3. The normalized spacial score (nSPS) is 17.0. The summed E-state index contributed by atoms with van der Waals surface area (Å²) >= 11 is 0. The Morgan fingerprint density at radius 1 is 1.33 bits per heavy atom. The van der Waals surface area contributed by atoms with E-state index >= 15 is 0 Å². The molecule has 0 N–H and O–H groups in total. The zero-order chi connectivity index (χ0) is 15.5. The van der Waals surface area contributed by atoms with E-state index in [4.69, 9.17) is 4.74 Å². The molecule has 1 fully saturated rings. The molecular weight excluding hydrogens is 283 g/mol. The van der Waals surface area contributed by atoms with Crippen molar-refractivity contribution in [2.45, 2.75) is 32.0 Å². The highest BCUT2D eigenvalue weighted by Gasteiger charge is 2.36. The SMILES string of the molecule is CCOC1CCN(c2ccc(C=O)cc2C(F)(F)F)CC1. The van der Waals surface area contributed by atoms with Gasteiger partial charge in [0.2, 0.25) is 0 Å². The average molecular weight is 301 g/mol. The largest absolute Gasteiger partial charge is 0.418 e.